The molecule has 2 fully saturated rings. The monoisotopic (exact) mass is 317 g/mol. The first-order valence-electron chi connectivity index (χ1n) is 7.65. The molecule has 2 aliphatic rings. The average Bonchev–Trinajstić information content (AvgIpc) is 3.33. The summed E-state index contributed by atoms with van der Waals surface area (Å²) < 4.78 is 16.2. The SMILES string of the molecule is Cc1c(C2(C(N)=O)CC2)c(F)cc2c(=O)[nH]c(=O)n(C3CC3)c12. The smallest absolute Gasteiger partial charge is 0.329 e. The Kier molecular flexibility index (Phi) is 2.65. The van der Waals surface area contributed by atoms with E-state index in [9.17, 15) is 18.8 Å². The minimum absolute atomic E-state index is 0.0163. The number of fused-ring (bicyclic) bond motifs is 1. The largest absolute Gasteiger partial charge is 0.369 e. The molecule has 1 aromatic heterocycles. The van der Waals surface area contributed by atoms with Gasteiger partial charge in [0.05, 0.1) is 16.3 Å². The van der Waals surface area contributed by atoms with E-state index in [1.165, 1.54) is 4.57 Å². The first-order chi connectivity index (χ1) is 10.9. The van der Waals surface area contributed by atoms with Crippen LogP contribution >= 0.6 is 0 Å². The van der Waals surface area contributed by atoms with Crippen molar-refractivity contribution in [3.63, 3.8) is 0 Å². The predicted octanol–water partition coefficient (Wildman–Crippen LogP) is 0.989. The first-order valence-corrected chi connectivity index (χ1v) is 7.65. The lowest BCUT2D eigenvalue weighted by Gasteiger charge is -2.19. The third-order valence-electron chi connectivity index (χ3n) is 5.03. The van der Waals surface area contributed by atoms with E-state index in [-0.39, 0.29) is 17.0 Å². The average molecular weight is 317 g/mol. The van der Waals surface area contributed by atoms with Gasteiger partial charge in [-0.2, -0.15) is 0 Å². The highest BCUT2D eigenvalue weighted by molar-refractivity contribution is 5.93. The number of amides is 1. The molecule has 1 amide bonds. The van der Waals surface area contributed by atoms with E-state index in [0.717, 1.165) is 18.9 Å². The molecule has 0 saturated heterocycles. The zero-order valence-corrected chi connectivity index (χ0v) is 12.6. The third kappa shape index (κ3) is 1.82. The molecular weight excluding hydrogens is 301 g/mol. The number of aromatic nitrogens is 2. The Labute approximate surface area is 130 Å². The third-order valence-corrected chi connectivity index (χ3v) is 5.03. The van der Waals surface area contributed by atoms with Crippen LogP contribution in [0.3, 0.4) is 0 Å². The van der Waals surface area contributed by atoms with E-state index in [1.807, 2.05) is 0 Å². The lowest BCUT2D eigenvalue weighted by Crippen LogP contribution is -2.33. The summed E-state index contributed by atoms with van der Waals surface area (Å²) in [4.78, 5) is 38.3. The molecule has 0 radical (unpaired) electrons. The molecular formula is C16H16FN3O3. The molecule has 2 aliphatic carbocycles. The van der Waals surface area contributed by atoms with Crippen LogP contribution in [-0.4, -0.2) is 15.5 Å². The van der Waals surface area contributed by atoms with Crippen LogP contribution in [0, 0.1) is 12.7 Å². The maximum Gasteiger partial charge on any atom is 0.329 e. The van der Waals surface area contributed by atoms with Crippen LogP contribution in [0.4, 0.5) is 4.39 Å². The second kappa shape index (κ2) is 4.31. The Balaban J connectivity index is 2.16. The van der Waals surface area contributed by atoms with E-state index >= 15 is 0 Å². The van der Waals surface area contributed by atoms with Crippen molar-refractivity contribution >= 4 is 16.8 Å². The number of halogens is 1. The molecule has 4 rings (SSSR count). The van der Waals surface area contributed by atoms with Crippen molar-refractivity contribution in [2.24, 2.45) is 5.73 Å². The van der Waals surface area contributed by atoms with E-state index in [1.54, 1.807) is 6.92 Å². The summed E-state index contributed by atoms with van der Waals surface area (Å²) in [6, 6.07) is 1.14. The Morgan fingerprint density at radius 2 is 2.04 bits per heavy atom. The van der Waals surface area contributed by atoms with E-state index in [2.05, 4.69) is 4.98 Å². The Morgan fingerprint density at radius 1 is 1.39 bits per heavy atom. The number of primary amides is 1. The van der Waals surface area contributed by atoms with Crippen LogP contribution in [-0.2, 0) is 10.2 Å². The maximum atomic E-state index is 14.7. The molecule has 3 N–H and O–H groups in total. The van der Waals surface area contributed by atoms with Gasteiger partial charge in [-0.15, -0.1) is 0 Å². The number of hydrogen-bond acceptors (Lipinski definition) is 3. The number of H-pyrrole nitrogens is 1. The molecule has 0 spiro atoms. The number of aryl methyl sites for hydroxylation is 1. The fourth-order valence-electron chi connectivity index (χ4n) is 3.59. The highest BCUT2D eigenvalue weighted by Crippen LogP contribution is 2.51. The van der Waals surface area contributed by atoms with Crippen molar-refractivity contribution in [2.75, 3.05) is 0 Å². The number of benzene rings is 1. The lowest BCUT2D eigenvalue weighted by atomic mass is 9.89. The molecule has 0 unspecified atom stereocenters. The van der Waals surface area contributed by atoms with Crippen molar-refractivity contribution in [1.29, 1.82) is 0 Å². The van der Waals surface area contributed by atoms with Crippen LogP contribution in [0.25, 0.3) is 10.9 Å². The van der Waals surface area contributed by atoms with Crippen molar-refractivity contribution in [2.45, 2.75) is 44.1 Å². The molecule has 2 saturated carbocycles. The first kappa shape index (κ1) is 14.2. The molecule has 7 heteroatoms. The van der Waals surface area contributed by atoms with Crippen molar-refractivity contribution in [3.05, 3.63) is 43.8 Å². The Bertz CT molecular complexity index is 981. The number of nitrogens with one attached hydrogen (secondary N) is 1. The van der Waals surface area contributed by atoms with Crippen molar-refractivity contribution in [3.8, 4) is 0 Å². The van der Waals surface area contributed by atoms with Crippen molar-refractivity contribution in [1.82, 2.24) is 9.55 Å². The maximum absolute atomic E-state index is 14.7. The Morgan fingerprint density at radius 3 is 2.57 bits per heavy atom. The van der Waals surface area contributed by atoms with E-state index in [4.69, 9.17) is 5.73 Å². The number of nitrogens with two attached hydrogens (primary N) is 1. The zero-order valence-electron chi connectivity index (χ0n) is 12.6. The van der Waals surface area contributed by atoms with Gasteiger partial charge in [0, 0.05) is 11.6 Å². The van der Waals surface area contributed by atoms with Crippen LogP contribution in [0.15, 0.2) is 15.7 Å². The van der Waals surface area contributed by atoms with Gasteiger partial charge in [0.15, 0.2) is 0 Å². The number of nitrogens with zero attached hydrogens (tertiary/aromatic N) is 1. The zero-order chi connectivity index (χ0) is 16.5. The van der Waals surface area contributed by atoms with E-state index in [0.29, 0.717) is 23.9 Å². The molecule has 1 heterocycles. The molecule has 0 atom stereocenters. The van der Waals surface area contributed by atoms with Crippen LogP contribution in [0.5, 0.6) is 0 Å². The molecule has 0 bridgehead atoms. The standard InChI is InChI=1S/C16H16FN3O3/c1-7-11(16(4-5-16)14(18)22)10(17)6-9-12(7)20(8-2-3-8)15(23)19-13(9)21/h6,8H,2-5H2,1H3,(H2,18,22)(H,19,21,23). The van der Waals surface area contributed by atoms with Crippen LogP contribution in [0.1, 0.15) is 42.9 Å². The number of carbonyl (C=O) groups excluding carboxylic acids is 1. The number of rotatable bonds is 3. The number of hydrogen-bond donors (Lipinski definition) is 2. The predicted molar refractivity (Wildman–Crippen MR) is 81.9 cm³/mol. The van der Waals surface area contributed by atoms with Crippen molar-refractivity contribution < 1.29 is 9.18 Å². The van der Waals surface area contributed by atoms with Crippen LogP contribution in [0.2, 0.25) is 0 Å². The van der Waals surface area contributed by atoms with Gasteiger partial charge in [-0.25, -0.2) is 9.18 Å². The summed E-state index contributed by atoms with van der Waals surface area (Å²) in [5, 5.41) is 0.135. The molecule has 6 nitrogen and oxygen atoms in total. The van der Waals surface area contributed by atoms with Crippen LogP contribution < -0.4 is 17.0 Å². The summed E-state index contributed by atoms with van der Waals surface area (Å²) in [5.74, 6) is -1.18. The molecule has 23 heavy (non-hydrogen) atoms. The second-order valence-corrected chi connectivity index (χ2v) is 6.56. The number of carbonyl (C=O) groups is 1. The summed E-state index contributed by atoms with van der Waals surface area (Å²) in [5.41, 5.74) is 4.49. The minimum atomic E-state index is -1.00. The fourth-order valence-corrected chi connectivity index (χ4v) is 3.59. The summed E-state index contributed by atoms with van der Waals surface area (Å²) in [6.45, 7) is 1.65. The molecule has 0 aliphatic heterocycles. The highest BCUT2D eigenvalue weighted by Gasteiger charge is 2.53. The van der Waals surface area contributed by atoms with Gasteiger partial charge in [-0.05, 0) is 44.2 Å². The summed E-state index contributed by atoms with van der Waals surface area (Å²) in [6.07, 6.45) is 2.66. The van der Waals surface area contributed by atoms with E-state index < -0.39 is 28.4 Å². The topological polar surface area (TPSA) is 98.0 Å². The molecule has 120 valence electrons. The quantitative estimate of drug-likeness (QED) is 0.883. The summed E-state index contributed by atoms with van der Waals surface area (Å²) >= 11 is 0. The summed E-state index contributed by atoms with van der Waals surface area (Å²) in [7, 11) is 0. The molecule has 1 aromatic carbocycles. The van der Waals surface area contributed by atoms with Gasteiger partial charge >= 0.3 is 5.69 Å². The Hall–Kier alpha value is -2.44. The van der Waals surface area contributed by atoms with Gasteiger partial charge in [0.1, 0.15) is 5.82 Å². The second-order valence-electron chi connectivity index (χ2n) is 6.56. The van der Waals surface area contributed by atoms with Gasteiger partial charge in [-0.3, -0.25) is 19.1 Å². The normalized spacial score (nSPS) is 19.0. The highest BCUT2D eigenvalue weighted by atomic mass is 19.1. The van der Waals surface area contributed by atoms with Gasteiger partial charge in [-0.1, -0.05) is 0 Å². The van der Waals surface area contributed by atoms with Gasteiger partial charge in [0.2, 0.25) is 5.91 Å². The fraction of sp³-hybridized carbons (Fsp3) is 0.438. The van der Waals surface area contributed by atoms with Gasteiger partial charge in [0.25, 0.3) is 5.56 Å². The number of aromatic amines is 1. The molecule has 2 aromatic rings. The lowest BCUT2D eigenvalue weighted by molar-refractivity contribution is -0.120. The van der Waals surface area contributed by atoms with Gasteiger partial charge < -0.3 is 5.73 Å². The minimum Gasteiger partial charge on any atom is -0.369 e.